The van der Waals surface area contributed by atoms with Crippen LogP contribution in [0.15, 0.2) is 42.6 Å². The van der Waals surface area contributed by atoms with Crippen molar-refractivity contribution in [3.8, 4) is 21.0 Å². The lowest BCUT2D eigenvalue weighted by Crippen LogP contribution is -2.48. The van der Waals surface area contributed by atoms with Crippen LogP contribution in [-0.4, -0.2) is 57.5 Å². The van der Waals surface area contributed by atoms with Gasteiger partial charge in [-0.1, -0.05) is 35.9 Å². The lowest BCUT2D eigenvalue weighted by Gasteiger charge is -2.44. The summed E-state index contributed by atoms with van der Waals surface area (Å²) < 4.78 is 2.14. The van der Waals surface area contributed by atoms with Crippen molar-refractivity contribution in [2.45, 2.75) is 44.7 Å². The van der Waals surface area contributed by atoms with Crippen LogP contribution in [0.5, 0.6) is 0 Å². The molecule has 0 radical (unpaired) electrons. The lowest BCUT2D eigenvalue weighted by molar-refractivity contribution is 0.0504. The summed E-state index contributed by atoms with van der Waals surface area (Å²) in [6, 6.07) is 14.1. The molecule has 2 bridgehead atoms. The molecule has 6 heterocycles. The zero-order valence-electron chi connectivity index (χ0n) is 18.1. The average Bonchev–Trinajstić information content (AvgIpc) is 3.51. The van der Waals surface area contributed by atoms with Gasteiger partial charge in [-0.05, 0) is 81.0 Å². The summed E-state index contributed by atoms with van der Waals surface area (Å²) in [6.45, 7) is 7.22. The van der Waals surface area contributed by atoms with Crippen LogP contribution in [0.2, 0.25) is 0 Å². The van der Waals surface area contributed by atoms with Crippen LogP contribution in [0.3, 0.4) is 0 Å². The Morgan fingerprint density at radius 3 is 2.39 bits per heavy atom. The molecule has 1 aromatic carbocycles. The normalized spacial score (nSPS) is 26.4. The van der Waals surface area contributed by atoms with E-state index in [1.165, 1.54) is 79.2 Å². The van der Waals surface area contributed by atoms with Crippen LogP contribution in [0.1, 0.15) is 43.7 Å². The predicted molar refractivity (Wildman–Crippen MR) is 126 cm³/mol. The highest BCUT2D eigenvalue weighted by Gasteiger charge is 2.35. The highest BCUT2D eigenvalue weighted by atomic mass is 32.1. The van der Waals surface area contributed by atoms with Gasteiger partial charge in [-0.3, -0.25) is 4.90 Å². The van der Waals surface area contributed by atoms with Gasteiger partial charge in [-0.2, -0.15) is 0 Å². The van der Waals surface area contributed by atoms with Gasteiger partial charge in [0.1, 0.15) is 5.69 Å². The van der Waals surface area contributed by atoms with Crippen molar-refractivity contribution in [1.29, 1.82) is 0 Å². The molecule has 2 aromatic heterocycles. The first-order valence-corrected chi connectivity index (χ1v) is 12.7. The van der Waals surface area contributed by atoms with Gasteiger partial charge in [0, 0.05) is 18.0 Å². The van der Waals surface area contributed by atoms with E-state index >= 15 is 0 Å². The summed E-state index contributed by atoms with van der Waals surface area (Å²) in [5.74, 6) is 0.766. The third kappa shape index (κ3) is 4.09. The zero-order valence-corrected chi connectivity index (χ0v) is 18.9. The van der Waals surface area contributed by atoms with Gasteiger partial charge in [0.2, 0.25) is 0 Å². The second-order valence-corrected chi connectivity index (χ2v) is 10.6. The van der Waals surface area contributed by atoms with E-state index in [4.69, 9.17) is 0 Å². The summed E-state index contributed by atoms with van der Waals surface area (Å²) >= 11 is 1.82. The summed E-state index contributed by atoms with van der Waals surface area (Å²) in [5.41, 5.74) is 3.72. The third-order valence-electron chi connectivity index (χ3n) is 7.42. The van der Waals surface area contributed by atoms with Crippen molar-refractivity contribution in [1.82, 2.24) is 24.8 Å². The predicted octanol–water partition coefficient (Wildman–Crippen LogP) is 4.93. The quantitative estimate of drug-likeness (QED) is 0.572. The standard InChI is InChI=1S/C25H31N5S/c1-2-12-28(13-3-1)16-19-4-6-21(7-5-19)24-8-9-25(31-24)22-17-30(27-26-22)23-18-29-14-10-20(23)11-15-29/h4-9,17,20,23H,1-3,10-16,18H2/t23-/m0/s1. The minimum absolute atomic E-state index is 0.496. The highest BCUT2D eigenvalue weighted by Crippen LogP contribution is 2.37. The Labute approximate surface area is 188 Å². The Bertz CT molecular complexity index is 1010. The fourth-order valence-corrected chi connectivity index (χ4v) is 6.53. The first-order chi connectivity index (χ1) is 15.3. The Morgan fingerprint density at radius 2 is 1.65 bits per heavy atom. The molecule has 0 spiro atoms. The number of likely N-dealkylation sites (tertiary alicyclic amines) is 1. The van der Waals surface area contributed by atoms with Crippen molar-refractivity contribution >= 4 is 11.3 Å². The molecule has 4 saturated heterocycles. The minimum Gasteiger partial charge on any atom is -0.301 e. The van der Waals surface area contributed by atoms with Gasteiger partial charge in [0.05, 0.1) is 17.1 Å². The summed E-state index contributed by atoms with van der Waals surface area (Å²) in [6.07, 6.45) is 8.86. The second-order valence-electron chi connectivity index (χ2n) is 9.49. The van der Waals surface area contributed by atoms with E-state index in [1.807, 2.05) is 11.3 Å². The lowest BCUT2D eigenvalue weighted by atomic mass is 9.84. The second kappa shape index (κ2) is 8.49. The number of thiophene rings is 1. The van der Waals surface area contributed by atoms with Crippen molar-refractivity contribution in [3.05, 3.63) is 48.2 Å². The molecule has 4 fully saturated rings. The Kier molecular flexibility index (Phi) is 5.38. The van der Waals surface area contributed by atoms with Gasteiger partial charge in [-0.25, -0.2) is 4.68 Å². The molecule has 6 heteroatoms. The molecule has 162 valence electrons. The fourth-order valence-electron chi connectivity index (χ4n) is 5.57. The average molecular weight is 434 g/mol. The molecule has 5 nitrogen and oxygen atoms in total. The Morgan fingerprint density at radius 1 is 0.871 bits per heavy atom. The smallest absolute Gasteiger partial charge is 0.123 e. The van der Waals surface area contributed by atoms with E-state index in [9.17, 15) is 0 Å². The molecule has 1 atom stereocenters. The van der Waals surface area contributed by atoms with Crippen LogP contribution in [0, 0.1) is 5.92 Å². The minimum atomic E-state index is 0.496. The van der Waals surface area contributed by atoms with Gasteiger partial charge >= 0.3 is 0 Å². The van der Waals surface area contributed by atoms with E-state index in [0.29, 0.717) is 6.04 Å². The maximum absolute atomic E-state index is 4.53. The molecule has 31 heavy (non-hydrogen) atoms. The van der Waals surface area contributed by atoms with Crippen molar-refractivity contribution in [2.24, 2.45) is 5.92 Å². The van der Waals surface area contributed by atoms with Gasteiger partial charge in [0.25, 0.3) is 0 Å². The van der Waals surface area contributed by atoms with E-state index < -0.39 is 0 Å². The van der Waals surface area contributed by atoms with Crippen molar-refractivity contribution in [3.63, 3.8) is 0 Å². The van der Waals surface area contributed by atoms with E-state index in [-0.39, 0.29) is 0 Å². The van der Waals surface area contributed by atoms with Crippen LogP contribution >= 0.6 is 11.3 Å². The van der Waals surface area contributed by atoms with E-state index in [0.717, 1.165) is 24.7 Å². The SMILES string of the molecule is c1cc(-c2ccc(-c3cn([C@H]4CN5CCC4CC5)nn3)s2)ccc1CN1CCCCC1. The number of aromatic nitrogens is 3. The number of nitrogens with zero attached hydrogens (tertiary/aromatic N) is 5. The van der Waals surface area contributed by atoms with Gasteiger partial charge < -0.3 is 4.90 Å². The molecule has 0 aliphatic carbocycles. The van der Waals surface area contributed by atoms with E-state index in [2.05, 4.69) is 67.4 Å². The van der Waals surface area contributed by atoms with Crippen LogP contribution in [0.4, 0.5) is 0 Å². The molecule has 0 saturated carbocycles. The van der Waals surface area contributed by atoms with Crippen molar-refractivity contribution in [2.75, 3.05) is 32.7 Å². The van der Waals surface area contributed by atoms with E-state index in [1.54, 1.807) is 0 Å². The molecule has 0 unspecified atom stereocenters. The third-order valence-corrected chi connectivity index (χ3v) is 8.58. The maximum atomic E-state index is 4.53. The Hall–Kier alpha value is -2.02. The highest BCUT2D eigenvalue weighted by molar-refractivity contribution is 7.18. The first-order valence-electron chi connectivity index (χ1n) is 11.9. The van der Waals surface area contributed by atoms with Crippen molar-refractivity contribution < 1.29 is 0 Å². The number of rotatable bonds is 5. The molecule has 4 aliphatic rings. The number of hydrogen-bond acceptors (Lipinski definition) is 5. The largest absolute Gasteiger partial charge is 0.301 e. The number of benzene rings is 1. The molecule has 4 aliphatic heterocycles. The molecular formula is C25H31N5S. The van der Waals surface area contributed by atoms with Crippen LogP contribution in [0.25, 0.3) is 21.0 Å². The summed E-state index contributed by atoms with van der Waals surface area (Å²) in [5, 5.41) is 9.06. The van der Waals surface area contributed by atoms with Gasteiger partial charge in [-0.15, -0.1) is 16.4 Å². The van der Waals surface area contributed by atoms with Crippen LogP contribution < -0.4 is 0 Å². The topological polar surface area (TPSA) is 37.2 Å². The molecular weight excluding hydrogens is 402 g/mol. The molecule has 7 rings (SSSR count). The summed E-state index contributed by atoms with van der Waals surface area (Å²) in [7, 11) is 0. The molecule has 3 aromatic rings. The number of piperidine rings is 4. The molecule has 0 amide bonds. The summed E-state index contributed by atoms with van der Waals surface area (Å²) in [4.78, 5) is 7.67. The van der Waals surface area contributed by atoms with Crippen LogP contribution in [-0.2, 0) is 6.54 Å². The number of hydrogen-bond donors (Lipinski definition) is 0. The zero-order chi connectivity index (χ0) is 20.6. The Balaban J connectivity index is 1.15. The van der Waals surface area contributed by atoms with Gasteiger partial charge in [0.15, 0.2) is 0 Å². The monoisotopic (exact) mass is 433 g/mol. The maximum Gasteiger partial charge on any atom is 0.123 e. The molecule has 0 N–H and O–H groups in total. The number of fused-ring (bicyclic) bond motifs is 3. The first kappa shape index (κ1) is 19.6. The fraction of sp³-hybridized carbons (Fsp3) is 0.520.